The Morgan fingerprint density at radius 1 is 0.765 bits per heavy atom. The van der Waals surface area contributed by atoms with Crippen LogP contribution in [0.3, 0.4) is 0 Å². The normalized spacial score (nSPS) is 11.8. The van der Waals surface area contributed by atoms with Crippen molar-refractivity contribution in [1.82, 2.24) is 0 Å². The summed E-state index contributed by atoms with van der Waals surface area (Å²) < 4.78 is 87.6. The molecule has 0 aliphatic carbocycles. The first-order valence-corrected chi connectivity index (χ1v) is 3.88. The lowest BCUT2D eigenvalue weighted by molar-refractivity contribution is -0.143. The van der Waals surface area contributed by atoms with Crippen LogP contribution in [-0.4, -0.2) is 17.2 Å². The van der Waals surface area contributed by atoms with Gasteiger partial charge in [-0.15, -0.1) is 0 Å². The molecule has 0 spiro atoms. The first-order valence-electron chi connectivity index (χ1n) is 3.88. The summed E-state index contributed by atoms with van der Waals surface area (Å²) in [5.41, 5.74) is -4.69. The van der Waals surface area contributed by atoms with E-state index in [4.69, 9.17) is 10.0 Å². The van der Waals surface area contributed by atoms with E-state index >= 15 is 0 Å². The summed E-state index contributed by atoms with van der Waals surface area (Å²) in [7, 11) is -2.98. The quantitative estimate of drug-likeness (QED) is 0.449. The molecule has 1 aromatic rings. The van der Waals surface area contributed by atoms with Crippen LogP contribution in [0.25, 0.3) is 0 Å². The predicted octanol–water partition coefficient (Wildman–Crippen LogP) is 0.942. The van der Waals surface area contributed by atoms with Gasteiger partial charge in [-0.3, -0.25) is 0 Å². The van der Waals surface area contributed by atoms with Crippen LogP contribution in [-0.2, 0) is 6.18 Å². The van der Waals surface area contributed by atoms with Gasteiger partial charge in [-0.05, 0) is 0 Å². The van der Waals surface area contributed by atoms with Crippen molar-refractivity contribution in [2.75, 3.05) is 0 Å². The average Bonchev–Trinajstić information content (AvgIpc) is 2.12. The monoisotopic (exact) mass is 262 g/mol. The van der Waals surface area contributed by atoms with E-state index in [1.807, 2.05) is 0 Å². The third kappa shape index (κ3) is 2.22. The number of hydrogen-bond acceptors (Lipinski definition) is 2. The molecule has 0 atom stereocenters. The van der Waals surface area contributed by atoms with Crippen LogP contribution < -0.4 is 5.46 Å². The van der Waals surface area contributed by atoms with Gasteiger partial charge in [-0.1, -0.05) is 0 Å². The van der Waals surface area contributed by atoms with Gasteiger partial charge < -0.3 is 10.0 Å². The van der Waals surface area contributed by atoms with Gasteiger partial charge in [0.25, 0.3) is 0 Å². The van der Waals surface area contributed by atoms with Crippen LogP contribution in [0.4, 0.5) is 30.7 Å². The molecule has 0 aromatic heterocycles. The van der Waals surface area contributed by atoms with Gasteiger partial charge in [0.2, 0.25) is 0 Å². The maximum Gasteiger partial charge on any atom is 0.494 e. The van der Waals surface area contributed by atoms with E-state index in [1.54, 1.807) is 0 Å². The Morgan fingerprint density at radius 2 is 1.12 bits per heavy atom. The maximum absolute atomic E-state index is 12.9. The highest BCUT2D eigenvalue weighted by Gasteiger charge is 2.43. The molecule has 10 heteroatoms. The average molecular weight is 262 g/mol. The fourth-order valence-electron chi connectivity index (χ4n) is 1.12. The van der Waals surface area contributed by atoms with Gasteiger partial charge in [0.05, 0.1) is 5.46 Å². The largest absolute Gasteiger partial charge is 0.494 e. The van der Waals surface area contributed by atoms with E-state index in [2.05, 4.69) is 0 Å². The van der Waals surface area contributed by atoms with Gasteiger partial charge in [0, 0.05) is 0 Å². The Hall–Kier alpha value is -1.29. The Balaban J connectivity index is 3.71. The topological polar surface area (TPSA) is 40.5 Å². The van der Waals surface area contributed by atoms with E-state index in [0.717, 1.165) is 0 Å². The van der Waals surface area contributed by atoms with E-state index < -0.39 is 47.6 Å². The van der Waals surface area contributed by atoms with Crippen LogP contribution in [0, 0.1) is 23.3 Å². The maximum atomic E-state index is 12.9. The predicted molar refractivity (Wildman–Crippen MR) is 41.1 cm³/mol. The van der Waals surface area contributed by atoms with Gasteiger partial charge in [-0.25, -0.2) is 17.6 Å². The molecule has 0 fully saturated rings. The molecule has 17 heavy (non-hydrogen) atoms. The van der Waals surface area contributed by atoms with Crippen molar-refractivity contribution in [3.63, 3.8) is 0 Å². The molecular formula is C7H2BF7O2. The molecule has 0 aliphatic rings. The second kappa shape index (κ2) is 4.19. The van der Waals surface area contributed by atoms with Crippen molar-refractivity contribution >= 4 is 12.6 Å². The van der Waals surface area contributed by atoms with Crippen molar-refractivity contribution in [3.05, 3.63) is 28.8 Å². The highest BCUT2D eigenvalue weighted by Crippen LogP contribution is 2.34. The molecule has 1 aromatic carbocycles. The SMILES string of the molecule is OB(O)c1c(F)c(F)c(C(F)(F)F)c(F)c1F. The van der Waals surface area contributed by atoms with Crippen molar-refractivity contribution < 1.29 is 40.8 Å². The first kappa shape index (κ1) is 13.8. The number of alkyl halides is 3. The lowest BCUT2D eigenvalue weighted by Gasteiger charge is -2.13. The van der Waals surface area contributed by atoms with Crippen LogP contribution in [0.5, 0.6) is 0 Å². The molecule has 94 valence electrons. The molecule has 2 N–H and O–H groups in total. The zero-order chi connectivity index (χ0) is 13.5. The molecule has 2 nitrogen and oxygen atoms in total. The molecule has 0 amide bonds. The van der Waals surface area contributed by atoms with Crippen LogP contribution in [0.1, 0.15) is 5.56 Å². The summed E-state index contributed by atoms with van der Waals surface area (Å²) in [5.74, 6) is -10.5. The minimum Gasteiger partial charge on any atom is -0.423 e. The molecule has 0 bridgehead atoms. The fraction of sp³-hybridized carbons (Fsp3) is 0.143. The smallest absolute Gasteiger partial charge is 0.423 e. The molecule has 1 rings (SSSR count). The third-order valence-corrected chi connectivity index (χ3v) is 1.84. The first-order chi connectivity index (χ1) is 7.59. The molecule has 0 unspecified atom stereocenters. The molecular weight excluding hydrogens is 260 g/mol. The second-order valence-electron chi connectivity index (χ2n) is 2.92. The van der Waals surface area contributed by atoms with Crippen LogP contribution >= 0.6 is 0 Å². The highest BCUT2D eigenvalue weighted by atomic mass is 19.4. The minimum atomic E-state index is -5.66. The van der Waals surface area contributed by atoms with Crippen LogP contribution in [0.2, 0.25) is 0 Å². The zero-order valence-electron chi connectivity index (χ0n) is 7.62. The van der Waals surface area contributed by atoms with Gasteiger partial charge in [0.15, 0.2) is 23.3 Å². The zero-order valence-corrected chi connectivity index (χ0v) is 7.62. The lowest BCUT2D eigenvalue weighted by atomic mass is 9.78. The van der Waals surface area contributed by atoms with Gasteiger partial charge in [0.1, 0.15) is 5.56 Å². The second-order valence-corrected chi connectivity index (χ2v) is 2.92. The highest BCUT2D eigenvalue weighted by molar-refractivity contribution is 6.58. The van der Waals surface area contributed by atoms with Crippen molar-refractivity contribution in [3.8, 4) is 0 Å². The van der Waals surface area contributed by atoms with Gasteiger partial charge >= 0.3 is 13.3 Å². The molecule has 0 saturated carbocycles. The minimum absolute atomic E-state index is 1.92. The summed E-state index contributed by atoms with van der Waals surface area (Å²) in [6.45, 7) is 0. The summed E-state index contributed by atoms with van der Waals surface area (Å²) in [5, 5.41) is 16.8. The Morgan fingerprint density at radius 3 is 1.35 bits per heavy atom. The summed E-state index contributed by atoms with van der Waals surface area (Å²) in [6, 6.07) is 0. The Bertz CT molecular complexity index is 428. The van der Waals surface area contributed by atoms with E-state index in [1.165, 1.54) is 0 Å². The number of halogens is 7. The van der Waals surface area contributed by atoms with Crippen molar-refractivity contribution in [2.45, 2.75) is 6.18 Å². The summed E-state index contributed by atoms with van der Waals surface area (Å²) >= 11 is 0. The van der Waals surface area contributed by atoms with E-state index in [-0.39, 0.29) is 0 Å². The van der Waals surface area contributed by atoms with Crippen molar-refractivity contribution in [2.24, 2.45) is 0 Å². The number of rotatable bonds is 1. The molecule has 0 radical (unpaired) electrons. The standard InChI is InChI=1S/C7H2BF7O2/c9-3-1(7(13,14)15)4(10)6(12)2(5(3)11)8(16)17/h16-17H. The molecule has 0 saturated heterocycles. The molecule has 0 heterocycles. The summed E-state index contributed by atoms with van der Waals surface area (Å²) in [6.07, 6.45) is -5.66. The number of benzene rings is 1. The van der Waals surface area contributed by atoms with Crippen LogP contribution in [0.15, 0.2) is 0 Å². The summed E-state index contributed by atoms with van der Waals surface area (Å²) in [4.78, 5) is 0. The van der Waals surface area contributed by atoms with E-state index in [9.17, 15) is 30.7 Å². The Labute approximate surface area is 89.4 Å². The number of hydrogen-bond donors (Lipinski definition) is 2. The van der Waals surface area contributed by atoms with Crippen molar-refractivity contribution in [1.29, 1.82) is 0 Å². The van der Waals surface area contributed by atoms with Gasteiger partial charge in [-0.2, -0.15) is 13.2 Å². The lowest BCUT2D eigenvalue weighted by Crippen LogP contribution is -2.39. The third-order valence-electron chi connectivity index (χ3n) is 1.84. The Kier molecular flexibility index (Phi) is 3.39. The fourth-order valence-corrected chi connectivity index (χ4v) is 1.12. The van der Waals surface area contributed by atoms with E-state index in [0.29, 0.717) is 0 Å². The molecule has 0 aliphatic heterocycles.